The number of sulfonamides is 1. The number of nitrogens with zero attached hydrogens (tertiary/aromatic N) is 7. The second-order valence-corrected chi connectivity index (χ2v) is 16.8. The molecule has 1 amide bonds. The van der Waals surface area contributed by atoms with Crippen molar-refractivity contribution in [2.24, 2.45) is 0 Å². The second kappa shape index (κ2) is 25.9. The Bertz CT molecular complexity index is 2410. The molecule has 4 aromatic heterocycles. The van der Waals surface area contributed by atoms with Gasteiger partial charge in [0.15, 0.2) is 0 Å². The largest absolute Gasteiger partial charge is 2.00 e. The molecule has 63 heavy (non-hydrogen) atoms. The van der Waals surface area contributed by atoms with Crippen LogP contribution in [0.3, 0.4) is 0 Å². The molecular formula is C42H48N9O8PSZn2+2. The zero-order chi connectivity index (χ0) is 43.8. The summed E-state index contributed by atoms with van der Waals surface area (Å²) in [5.74, 6) is -0.380. The fourth-order valence-electron chi connectivity index (χ4n) is 6.48. The van der Waals surface area contributed by atoms with Crippen LogP contribution in [0.5, 0.6) is 0 Å². The Morgan fingerprint density at radius 1 is 0.683 bits per heavy atom. The van der Waals surface area contributed by atoms with Crippen molar-refractivity contribution in [3.05, 3.63) is 156 Å². The molecule has 0 spiro atoms. The molecule has 0 radical (unpaired) electrons. The number of amides is 1. The molecule has 0 saturated carbocycles. The number of rotatable bonds is 19. The molecular weight excluding hydrogens is 952 g/mol. The maximum Gasteiger partial charge on any atom is 2.00 e. The number of aromatic nitrogens is 4. The molecule has 0 aliphatic carbocycles. The number of phosphoric acid groups is 1. The van der Waals surface area contributed by atoms with E-state index in [4.69, 9.17) is 19.2 Å². The predicted octanol–water partition coefficient (Wildman–Crippen LogP) is 2.06. The zero-order valence-corrected chi connectivity index (χ0v) is 42.7. The van der Waals surface area contributed by atoms with Crippen LogP contribution in [0.25, 0.3) is 10.8 Å². The van der Waals surface area contributed by atoms with Crippen molar-refractivity contribution in [1.29, 1.82) is 0 Å². The molecule has 4 N–H and O–H groups in total. The molecule has 6 aromatic rings. The number of nitrogens with one attached hydrogen (secondary N) is 2. The molecule has 1 atom stereocenters. The average Bonchev–Trinajstić information content (AvgIpc) is 3.22. The topological polar surface area (TPSA) is 240 Å². The Labute approximate surface area is 392 Å². The predicted molar refractivity (Wildman–Crippen MR) is 227 cm³/mol. The van der Waals surface area contributed by atoms with E-state index in [0.29, 0.717) is 42.8 Å². The van der Waals surface area contributed by atoms with Gasteiger partial charge in [0.1, 0.15) is 0 Å². The number of pyridine rings is 4. The van der Waals surface area contributed by atoms with Crippen LogP contribution in [0, 0.1) is 0 Å². The van der Waals surface area contributed by atoms with E-state index in [-0.39, 0.29) is 75.9 Å². The normalized spacial score (nSPS) is 11.8. The van der Waals surface area contributed by atoms with Gasteiger partial charge in [0.2, 0.25) is 10.0 Å². The van der Waals surface area contributed by atoms with Crippen molar-refractivity contribution in [1.82, 2.24) is 39.8 Å². The maximum absolute atomic E-state index is 13.8. The summed E-state index contributed by atoms with van der Waals surface area (Å²) in [6, 6.07) is 31.4. The van der Waals surface area contributed by atoms with Crippen LogP contribution < -0.4 is 24.9 Å². The van der Waals surface area contributed by atoms with E-state index in [2.05, 4.69) is 34.9 Å². The zero-order valence-electron chi connectivity index (χ0n) is 35.1. The van der Waals surface area contributed by atoms with Gasteiger partial charge in [-0.05, 0) is 73.8 Å². The molecule has 0 aliphatic rings. The van der Waals surface area contributed by atoms with E-state index in [0.717, 1.165) is 28.2 Å². The monoisotopic (exact) mass is 997 g/mol. The van der Waals surface area contributed by atoms with Crippen LogP contribution in [0.4, 0.5) is 5.69 Å². The molecule has 0 fully saturated rings. The number of carbonyl (C=O) groups is 1. The summed E-state index contributed by atoms with van der Waals surface area (Å²) in [6.07, 6.45) is 5.74. The first kappa shape index (κ1) is 53.1. The van der Waals surface area contributed by atoms with Crippen LogP contribution in [0.2, 0.25) is 0 Å². The van der Waals surface area contributed by atoms with Crippen LogP contribution >= 0.6 is 7.82 Å². The molecule has 0 aliphatic heterocycles. The third kappa shape index (κ3) is 18.0. The van der Waals surface area contributed by atoms with Crippen molar-refractivity contribution >= 4 is 40.2 Å². The fourth-order valence-corrected chi connectivity index (χ4v) is 7.73. The van der Waals surface area contributed by atoms with Crippen molar-refractivity contribution in [3.63, 3.8) is 0 Å². The number of hydrogen-bond donors (Lipinski definition) is 4. The van der Waals surface area contributed by atoms with Crippen molar-refractivity contribution in [2.75, 3.05) is 45.2 Å². The minimum absolute atomic E-state index is 0. The molecule has 1 unspecified atom stereocenters. The summed E-state index contributed by atoms with van der Waals surface area (Å²) < 4.78 is 37.9. The number of carbonyl (C=O) groups excluding carboxylic acids is 1. The smallest absolute Gasteiger partial charge is 0.850 e. The van der Waals surface area contributed by atoms with Gasteiger partial charge in [0, 0.05) is 94.6 Å². The molecule has 0 bridgehead atoms. The first-order valence-electron chi connectivity index (χ1n) is 19.1. The van der Waals surface area contributed by atoms with Gasteiger partial charge in [0.25, 0.3) is 13.7 Å². The van der Waals surface area contributed by atoms with E-state index < -0.39 is 23.9 Å². The Morgan fingerprint density at radius 3 is 1.60 bits per heavy atom. The quantitative estimate of drug-likeness (QED) is 0.0516. The Kier molecular flexibility index (Phi) is 21.8. The Morgan fingerprint density at radius 2 is 1.16 bits per heavy atom. The molecule has 6 rings (SSSR count). The van der Waals surface area contributed by atoms with Gasteiger partial charge in [-0.3, -0.25) is 39.1 Å². The van der Waals surface area contributed by atoms with Crippen LogP contribution in [-0.2, 0) is 79.7 Å². The van der Waals surface area contributed by atoms with E-state index >= 15 is 0 Å². The Balaban J connectivity index is 0.00000143. The van der Waals surface area contributed by atoms with Crippen molar-refractivity contribution in [2.45, 2.75) is 37.2 Å². The summed E-state index contributed by atoms with van der Waals surface area (Å²) in [5.41, 5.74) is 4.50. The molecule has 322 valence electrons. The molecule has 21 heteroatoms. The van der Waals surface area contributed by atoms with Gasteiger partial charge >= 0.3 is 39.0 Å². The summed E-state index contributed by atoms with van der Waals surface area (Å²) in [7, 11) is -4.91. The van der Waals surface area contributed by atoms with Crippen molar-refractivity contribution < 1.29 is 76.5 Å². The fraction of sp³-hybridized carbons (Fsp3) is 0.262. The van der Waals surface area contributed by atoms with Gasteiger partial charge in [-0.25, -0.2) is 13.1 Å². The first-order valence-corrected chi connectivity index (χ1v) is 22.1. The summed E-state index contributed by atoms with van der Waals surface area (Å²) in [6.45, 7) is 2.40. The summed E-state index contributed by atoms with van der Waals surface area (Å²) in [5, 5.41) is 18.0. The molecule has 17 nitrogen and oxygen atoms in total. The number of benzene rings is 2. The van der Waals surface area contributed by atoms with Crippen LogP contribution in [-0.4, -0.2) is 100 Å². The van der Waals surface area contributed by atoms with Gasteiger partial charge in [-0.2, -0.15) is 0 Å². The van der Waals surface area contributed by atoms with E-state index in [1.165, 1.54) is 6.20 Å². The third-order valence-electron chi connectivity index (χ3n) is 9.06. The van der Waals surface area contributed by atoms with Gasteiger partial charge < -0.3 is 30.0 Å². The van der Waals surface area contributed by atoms with Gasteiger partial charge in [-0.1, -0.05) is 42.5 Å². The van der Waals surface area contributed by atoms with Crippen LogP contribution in [0.15, 0.2) is 133 Å². The van der Waals surface area contributed by atoms with Gasteiger partial charge in [0.05, 0.1) is 33.2 Å². The molecule has 4 heterocycles. The average molecular weight is 1000 g/mol. The SMILES string of the molecule is CN(C)c1cccc2c(S(=O)(=O)NCCNC(=O)c3ccc(CN(Cc4ccccn4)CC([O-])CN(Cc4ccccn4)Cc4ccccn4)nc3)cccc12.O=P([O-])(O)O.[Zn+2].[Zn+2]. The van der Waals surface area contributed by atoms with E-state index in [1.807, 2.05) is 96.7 Å². The Hall–Kier alpha value is -4.28. The minimum Gasteiger partial charge on any atom is -0.850 e. The third-order valence-corrected chi connectivity index (χ3v) is 10.6. The number of hydrogen-bond acceptors (Lipinski definition) is 13. The van der Waals surface area contributed by atoms with Crippen LogP contribution in [0.1, 0.15) is 33.1 Å². The van der Waals surface area contributed by atoms with Crippen molar-refractivity contribution in [3.8, 4) is 0 Å². The maximum atomic E-state index is 13.8. The molecule has 0 saturated heterocycles. The summed E-state index contributed by atoms with van der Waals surface area (Å²) >= 11 is 0. The van der Waals surface area contributed by atoms with Gasteiger partial charge in [-0.15, -0.1) is 6.10 Å². The van der Waals surface area contributed by atoms with E-state index in [1.54, 1.807) is 48.9 Å². The summed E-state index contributed by atoms with van der Waals surface area (Å²) in [4.78, 5) is 60.1. The second-order valence-electron chi connectivity index (χ2n) is 14.1. The number of anilines is 1. The van der Waals surface area contributed by atoms with E-state index in [9.17, 15) is 18.3 Å². The first-order chi connectivity index (χ1) is 29.1. The minimum atomic E-state index is -4.89. The standard InChI is InChI=1S/C42H46N9O4S.H3O4P.2Zn/c1-49(2)40-16-9-15-39-38(40)14-10-17-41(39)56(54,55)48-24-23-46-42(53)32-18-19-36(47-25-32)29-51(28-35-13-5-8-22-45-35)31-37(52)30-50(26-33-11-3-6-20-43-33)27-34-12-4-7-21-44-34;1-5(2,3)4;;/h3-22,25,37,48H,23-24,26-31H2,1-2H3,(H,46,53);(H3,1,2,3,4);;/q-1;;2*+2/p-1. The molecule has 2 aromatic carbocycles. The number of fused-ring (bicyclic) bond motifs is 1.